The molecule has 2 aromatic heterocycles. The zero-order valence-corrected chi connectivity index (χ0v) is 24.3. The van der Waals surface area contributed by atoms with Crippen LogP contribution in [0.4, 0.5) is 23.4 Å². The van der Waals surface area contributed by atoms with E-state index in [0.717, 1.165) is 34.1 Å². The molecule has 0 aliphatic rings. The SMILES string of the molecule is COC(=O)c1cc(-c2cc(C(F)(F)F)c3c(N(Cc4ccc(OC)cc4)Cc4ccc(OC)cc4)ncnn23)c(F)cc1C. The van der Waals surface area contributed by atoms with Crippen LogP contribution in [-0.4, -0.2) is 41.9 Å². The molecule has 0 atom stereocenters. The van der Waals surface area contributed by atoms with E-state index in [1.54, 1.807) is 29.2 Å². The summed E-state index contributed by atoms with van der Waals surface area (Å²) >= 11 is 0. The number of hydrogen-bond acceptors (Lipinski definition) is 7. The normalized spacial score (nSPS) is 11.5. The highest BCUT2D eigenvalue weighted by atomic mass is 19.4. The number of esters is 1. The van der Waals surface area contributed by atoms with Crippen molar-refractivity contribution in [1.29, 1.82) is 0 Å². The number of fused-ring (bicyclic) bond motifs is 1. The number of halogens is 4. The summed E-state index contributed by atoms with van der Waals surface area (Å²) in [5.41, 5.74) is -0.0190. The van der Waals surface area contributed by atoms with Crippen LogP contribution in [0.25, 0.3) is 16.8 Å². The van der Waals surface area contributed by atoms with Gasteiger partial charge in [-0.05, 0) is 66.1 Å². The maximum Gasteiger partial charge on any atom is 0.418 e. The second kappa shape index (κ2) is 12.2. The minimum atomic E-state index is -4.85. The Hall–Kier alpha value is -5.13. The Morgan fingerprint density at radius 2 is 1.45 bits per heavy atom. The molecular weight excluding hydrogens is 580 g/mol. The molecule has 0 aliphatic heterocycles. The predicted molar refractivity (Wildman–Crippen MR) is 155 cm³/mol. The standard InChI is InChI=1S/C32H28F4N4O4/c1-19-13-27(33)25(14-24(19)31(41)44-4)28-15-26(32(34,35)36)29-30(37-18-38-40(28)29)39(16-20-5-9-22(42-2)10-6-20)17-21-7-11-23(43-3)12-8-21/h5-15,18H,16-17H2,1-4H3. The number of carbonyl (C=O) groups excluding carboxylic acids is 1. The van der Waals surface area contributed by atoms with Gasteiger partial charge in [0.2, 0.25) is 0 Å². The summed E-state index contributed by atoms with van der Waals surface area (Å²) in [6.07, 6.45) is -3.73. The Bertz CT molecular complexity index is 1750. The van der Waals surface area contributed by atoms with Gasteiger partial charge in [0.25, 0.3) is 0 Å². The summed E-state index contributed by atoms with van der Waals surface area (Å²) in [6.45, 7) is 1.85. The number of rotatable bonds is 9. The Morgan fingerprint density at radius 3 is 1.95 bits per heavy atom. The fraction of sp³-hybridized carbons (Fsp3) is 0.219. The van der Waals surface area contributed by atoms with Crippen LogP contribution in [0.1, 0.15) is 32.6 Å². The molecule has 0 saturated heterocycles. The van der Waals surface area contributed by atoms with E-state index in [0.29, 0.717) is 11.5 Å². The summed E-state index contributed by atoms with van der Waals surface area (Å²) < 4.78 is 75.6. The second-order valence-electron chi connectivity index (χ2n) is 9.98. The van der Waals surface area contributed by atoms with Crippen LogP contribution in [0, 0.1) is 12.7 Å². The fourth-order valence-electron chi connectivity index (χ4n) is 4.98. The average molecular weight is 609 g/mol. The van der Waals surface area contributed by atoms with Crippen LogP contribution < -0.4 is 14.4 Å². The lowest BCUT2D eigenvalue weighted by Gasteiger charge is -2.25. The van der Waals surface area contributed by atoms with E-state index < -0.39 is 23.5 Å². The maximum atomic E-state index is 15.4. The van der Waals surface area contributed by atoms with Gasteiger partial charge in [-0.25, -0.2) is 18.7 Å². The Morgan fingerprint density at radius 1 is 0.886 bits per heavy atom. The molecular formula is C32H28F4N4O4. The Kier molecular flexibility index (Phi) is 8.43. The first kappa shape index (κ1) is 30.3. The Labute approximate surface area is 250 Å². The van der Waals surface area contributed by atoms with Crippen molar-refractivity contribution in [3.05, 3.63) is 107 Å². The molecule has 12 heteroatoms. The van der Waals surface area contributed by atoms with E-state index in [1.807, 2.05) is 24.3 Å². The van der Waals surface area contributed by atoms with Crippen molar-refractivity contribution in [2.75, 3.05) is 26.2 Å². The van der Waals surface area contributed by atoms with Gasteiger partial charge in [0, 0.05) is 18.7 Å². The molecule has 0 unspecified atom stereocenters. The molecule has 5 rings (SSSR count). The molecule has 0 bridgehead atoms. The summed E-state index contributed by atoms with van der Waals surface area (Å²) in [6, 6.07) is 17.3. The first-order valence-electron chi connectivity index (χ1n) is 13.4. The molecule has 0 radical (unpaired) electrons. The van der Waals surface area contributed by atoms with Crippen LogP contribution in [0.2, 0.25) is 0 Å². The minimum absolute atomic E-state index is 0.0160. The number of anilines is 1. The fourth-order valence-corrected chi connectivity index (χ4v) is 4.98. The van der Waals surface area contributed by atoms with Crippen molar-refractivity contribution >= 4 is 17.3 Å². The summed E-state index contributed by atoms with van der Waals surface area (Å²) in [5, 5.41) is 4.12. The van der Waals surface area contributed by atoms with Crippen molar-refractivity contribution in [1.82, 2.24) is 14.6 Å². The molecule has 0 aliphatic carbocycles. The van der Waals surface area contributed by atoms with Crippen LogP contribution in [0.3, 0.4) is 0 Å². The second-order valence-corrected chi connectivity index (χ2v) is 9.98. The number of aryl methyl sites for hydroxylation is 1. The molecule has 228 valence electrons. The molecule has 3 aromatic carbocycles. The van der Waals surface area contributed by atoms with Crippen molar-refractivity contribution in [2.45, 2.75) is 26.2 Å². The maximum absolute atomic E-state index is 15.4. The van der Waals surface area contributed by atoms with Crippen molar-refractivity contribution in [3.8, 4) is 22.8 Å². The smallest absolute Gasteiger partial charge is 0.418 e. The van der Waals surface area contributed by atoms with E-state index >= 15 is 4.39 Å². The highest BCUT2D eigenvalue weighted by Gasteiger charge is 2.38. The molecule has 8 nitrogen and oxygen atoms in total. The van der Waals surface area contributed by atoms with Crippen molar-refractivity contribution in [2.24, 2.45) is 0 Å². The Balaban J connectivity index is 1.72. The highest BCUT2D eigenvalue weighted by molar-refractivity contribution is 5.93. The van der Waals surface area contributed by atoms with Gasteiger partial charge in [0.1, 0.15) is 29.2 Å². The first-order chi connectivity index (χ1) is 21.0. The van der Waals surface area contributed by atoms with Crippen LogP contribution in [-0.2, 0) is 24.0 Å². The van der Waals surface area contributed by atoms with Crippen molar-refractivity contribution in [3.63, 3.8) is 0 Å². The third-order valence-corrected chi connectivity index (χ3v) is 7.20. The lowest BCUT2D eigenvalue weighted by atomic mass is 10.0. The van der Waals surface area contributed by atoms with Crippen LogP contribution in [0.5, 0.6) is 11.5 Å². The van der Waals surface area contributed by atoms with Gasteiger partial charge >= 0.3 is 12.1 Å². The summed E-state index contributed by atoms with van der Waals surface area (Å²) in [7, 11) is 4.24. The lowest BCUT2D eigenvalue weighted by Crippen LogP contribution is -2.25. The predicted octanol–water partition coefficient (Wildman–Crippen LogP) is 6.87. The van der Waals surface area contributed by atoms with Crippen LogP contribution >= 0.6 is 0 Å². The van der Waals surface area contributed by atoms with Gasteiger partial charge in [0.05, 0.1) is 38.2 Å². The zero-order valence-electron chi connectivity index (χ0n) is 24.3. The number of benzene rings is 3. The number of hydrogen-bond donors (Lipinski definition) is 0. The molecule has 44 heavy (non-hydrogen) atoms. The topological polar surface area (TPSA) is 78.2 Å². The minimum Gasteiger partial charge on any atom is -0.497 e. The molecule has 0 saturated carbocycles. The van der Waals surface area contributed by atoms with E-state index in [2.05, 4.69) is 10.1 Å². The van der Waals surface area contributed by atoms with Crippen LogP contribution in [0.15, 0.2) is 73.1 Å². The molecule has 0 amide bonds. The third-order valence-electron chi connectivity index (χ3n) is 7.20. The first-order valence-corrected chi connectivity index (χ1v) is 13.4. The largest absolute Gasteiger partial charge is 0.497 e. The quantitative estimate of drug-likeness (QED) is 0.133. The number of aromatic nitrogens is 3. The van der Waals surface area contributed by atoms with Gasteiger partial charge in [-0.2, -0.15) is 18.3 Å². The van der Waals surface area contributed by atoms with E-state index in [1.165, 1.54) is 34.3 Å². The number of nitrogens with zero attached hydrogens (tertiary/aromatic N) is 4. The zero-order chi connectivity index (χ0) is 31.6. The molecule has 0 spiro atoms. The van der Waals surface area contributed by atoms with E-state index in [4.69, 9.17) is 14.2 Å². The average Bonchev–Trinajstić information content (AvgIpc) is 3.42. The third kappa shape index (κ3) is 6.01. The van der Waals surface area contributed by atoms with Gasteiger partial charge in [0.15, 0.2) is 5.82 Å². The molecule has 5 aromatic rings. The molecule has 0 N–H and O–H groups in total. The number of alkyl halides is 3. The number of methoxy groups -OCH3 is 3. The van der Waals surface area contributed by atoms with Gasteiger partial charge in [-0.15, -0.1) is 0 Å². The number of ether oxygens (including phenoxy) is 3. The van der Waals surface area contributed by atoms with Gasteiger partial charge in [-0.3, -0.25) is 0 Å². The van der Waals surface area contributed by atoms with Gasteiger partial charge < -0.3 is 19.1 Å². The lowest BCUT2D eigenvalue weighted by molar-refractivity contribution is -0.136. The van der Waals surface area contributed by atoms with Gasteiger partial charge in [-0.1, -0.05) is 24.3 Å². The highest BCUT2D eigenvalue weighted by Crippen LogP contribution is 2.41. The van der Waals surface area contributed by atoms with Crippen molar-refractivity contribution < 1.29 is 36.6 Å². The summed E-state index contributed by atoms with van der Waals surface area (Å²) in [5.74, 6) is -0.340. The number of carbonyl (C=O) groups is 1. The molecule has 2 heterocycles. The van der Waals surface area contributed by atoms with E-state index in [-0.39, 0.29) is 46.8 Å². The summed E-state index contributed by atoms with van der Waals surface area (Å²) in [4.78, 5) is 18.4. The monoisotopic (exact) mass is 608 g/mol. The van der Waals surface area contributed by atoms with E-state index in [9.17, 15) is 18.0 Å². The molecule has 0 fully saturated rings.